The second-order valence-corrected chi connectivity index (χ2v) is 8.10. The summed E-state index contributed by atoms with van der Waals surface area (Å²) in [6.07, 6.45) is 7.79. The first-order valence-corrected chi connectivity index (χ1v) is 9.60. The quantitative estimate of drug-likeness (QED) is 0.453. The molecule has 0 bridgehead atoms. The van der Waals surface area contributed by atoms with Crippen LogP contribution in [0, 0.1) is 5.92 Å². The Balaban J connectivity index is 1.90. The van der Waals surface area contributed by atoms with Crippen molar-refractivity contribution in [1.82, 2.24) is 14.4 Å². The van der Waals surface area contributed by atoms with E-state index < -0.39 is 0 Å². The van der Waals surface area contributed by atoms with Crippen molar-refractivity contribution in [3.8, 4) is 0 Å². The summed E-state index contributed by atoms with van der Waals surface area (Å²) in [4.78, 5) is 10.1. The molecule has 2 aromatic carbocycles. The van der Waals surface area contributed by atoms with Crippen LogP contribution in [-0.4, -0.2) is 14.4 Å². The fourth-order valence-electron chi connectivity index (χ4n) is 4.22. The van der Waals surface area contributed by atoms with Crippen molar-refractivity contribution in [2.75, 3.05) is 0 Å². The van der Waals surface area contributed by atoms with Crippen LogP contribution in [0.1, 0.15) is 33.0 Å². The lowest BCUT2D eigenvalue weighted by Gasteiger charge is -2.31. The first-order valence-electron chi connectivity index (χ1n) is 9.60. The van der Waals surface area contributed by atoms with Gasteiger partial charge in [-0.25, -0.2) is 9.97 Å². The number of nitrogens with zero attached hydrogens (tertiary/aromatic N) is 3. The summed E-state index contributed by atoms with van der Waals surface area (Å²) >= 11 is 0. The van der Waals surface area contributed by atoms with E-state index in [1.807, 2.05) is 6.07 Å². The van der Waals surface area contributed by atoms with E-state index in [-0.39, 0.29) is 5.41 Å². The highest BCUT2D eigenvalue weighted by molar-refractivity contribution is 5.96. The molecule has 134 valence electrons. The Labute approximate surface area is 159 Å². The Morgan fingerprint density at radius 2 is 1.70 bits per heavy atom. The van der Waals surface area contributed by atoms with Crippen LogP contribution in [0.15, 0.2) is 72.3 Å². The van der Waals surface area contributed by atoms with Gasteiger partial charge in [-0.15, -0.1) is 0 Å². The number of para-hydroxylation sites is 3. The number of allylic oxidation sites excluding steroid dienone is 4. The summed E-state index contributed by atoms with van der Waals surface area (Å²) in [6.45, 7) is 6.85. The second-order valence-electron chi connectivity index (χ2n) is 8.10. The van der Waals surface area contributed by atoms with E-state index in [4.69, 9.17) is 9.97 Å². The van der Waals surface area contributed by atoms with Gasteiger partial charge in [0.2, 0.25) is 0 Å². The maximum Gasteiger partial charge on any atom is 0.148 e. The predicted octanol–water partition coefficient (Wildman–Crippen LogP) is 5.84. The first-order chi connectivity index (χ1) is 13.1. The molecule has 0 fully saturated rings. The van der Waals surface area contributed by atoms with Crippen LogP contribution in [0.25, 0.3) is 27.6 Å². The molecule has 0 spiro atoms. The molecule has 0 radical (unpaired) electrons. The van der Waals surface area contributed by atoms with Gasteiger partial charge in [-0.1, -0.05) is 55.0 Å². The molecule has 1 unspecified atom stereocenters. The average Bonchev–Trinajstić information content (AvgIpc) is 3.07. The van der Waals surface area contributed by atoms with E-state index in [2.05, 4.69) is 85.9 Å². The van der Waals surface area contributed by atoms with Crippen molar-refractivity contribution < 1.29 is 0 Å². The summed E-state index contributed by atoms with van der Waals surface area (Å²) < 4.78 is 2.27. The van der Waals surface area contributed by atoms with Crippen LogP contribution >= 0.6 is 0 Å². The maximum absolute atomic E-state index is 5.16. The Morgan fingerprint density at radius 1 is 0.963 bits per heavy atom. The van der Waals surface area contributed by atoms with Gasteiger partial charge >= 0.3 is 0 Å². The number of aromatic nitrogens is 3. The number of benzene rings is 2. The van der Waals surface area contributed by atoms with Gasteiger partial charge in [0, 0.05) is 10.8 Å². The second kappa shape index (κ2) is 5.78. The highest BCUT2D eigenvalue weighted by atomic mass is 15.1. The molecule has 2 heterocycles. The normalized spacial score (nSPS) is 17.7. The van der Waals surface area contributed by atoms with E-state index in [1.165, 1.54) is 5.57 Å². The summed E-state index contributed by atoms with van der Waals surface area (Å²) in [5.41, 5.74) is 5.35. The van der Waals surface area contributed by atoms with Crippen LogP contribution in [0.5, 0.6) is 0 Å². The molecular formula is C24H23N3. The molecule has 0 N–H and O–H groups in total. The number of hydrogen-bond donors (Lipinski definition) is 0. The Morgan fingerprint density at radius 3 is 2.52 bits per heavy atom. The summed E-state index contributed by atoms with van der Waals surface area (Å²) in [5.74, 6) is 1.61. The van der Waals surface area contributed by atoms with Gasteiger partial charge < -0.3 is 0 Å². The van der Waals surface area contributed by atoms with Crippen LogP contribution in [-0.2, 0) is 5.41 Å². The van der Waals surface area contributed by atoms with Crippen LogP contribution in [0.3, 0.4) is 0 Å². The van der Waals surface area contributed by atoms with E-state index in [9.17, 15) is 0 Å². The zero-order valence-electron chi connectivity index (χ0n) is 16.0. The number of fused-ring (bicyclic) bond motifs is 5. The minimum absolute atomic E-state index is 0.190. The van der Waals surface area contributed by atoms with Crippen molar-refractivity contribution in [3.63, 3.8) is 0 Å². The van der Waals surface area contributed by atoms with Crippen molar-refractivity contribution in [3.05, 3.63) is 78.2 Å². The molecule has 3 nitrogen and oxygen atoms in total. The van der Waals surface area contributed by atoms with Crippen molar-refractivity contribution in [2.24, 2.45) is 5.92 Å². The molecule has 27 heavy (non-hydrogen) atoms. The average molecular weight is 353 g/mol. The van der Waals surface area contributed by atoms with Crippen LogP contribution < -0.4 is 0 Å². The van der Waals surface area contributed by atoms with E-state index in [0.717, 1.165) is 39.8 Å². The summed E-state index contributed by atoms with van der Waals surface area (Å²) in [5, 5.41) is 1.10. The molecule has 1 atom stereocenters. The van der Waals surface area contributed by atoms with E-state index in [1.54, 1.807) is 0 Å². The fraction of sp³-hybridized carbons (Fsp3) is 0.250. The van der Waals surface area contributed by atoms with Gasteiger partial charge in [0.05, 0.1) is 16.6 Å². The molecule has 4 aromatic rings. The van der Waals surface area contributed by atoms with E-state index in [0.29, 0.717) is 5.92 Å². The lowest BCUT2D eigenvalue weighted by atomic mass is 9.76. The van der Waals surface area contributed by atoms with Gasteiger partial charge in [0.15, 0.2) is 0 Å². The number of imidazole rings is 1. The van der Waals surface area contributed by atoms with Crippen molar-refractivity contribution in [1.29, 1.82) is 0 Å². The van der Waals surface area contributed by atoms with Gasteiger partial charge in [0.1, 0.15) is 11.5 Å². The smallest absolute Gasteiger partial charge is 0.148 e. The Kier molecular flexibility index (Phi) is 3.48. The zero-order chi connectivity index (χ0) is 18.6. The zero-order valence-corrected chi connectivity index (χ0v) is 16.0. The minimum Gasteiger partial charge on any atom is -0.279 e. The molecule has 0 aliphatic heterocycles. The first kappa shape index (κ1) is 16.2. The topological polar surface area (TPSA) is 30.2 Å². The van der Waals surface area contributed by atoms with Gasteiger partial charge in [-0.05, 0) is 50.5 Å². The SMILES string of the molecule is CC1C=CC=C(C(C)(C)c2nc3ccccc3c3nc4ccccc4n23)C1. The lowest BCUT2D eigenvalue weighted by molar-refractivity contribution is 0.519. The molecule has 5 rings (SSSR count). The summed E-state index contributed by atoms with van der Waals surface area (Å²) in [6, 6.07) is 16.7. The van der Waals surface area contributed by atoms with Crippen molar-refractivity contribution in [2.45, 2.75) is 32.6 Å². The predicted molar refractivity (Wildman–Crippen MR) is 112 cm³/mol. The highest BCUT2D eigenvalue weighted by Gasteiger charge is 2.32. The molecule has 1 aliphatic rings. The number of hydrogen-bond acceptors (Lipinski definition) is 2. The lowest BCUT2D eigenvalue weighted by Crippen LogP contribution is -2.27. The van der Waals surface area contributed by atoms with Gasteiger partial charge in [0.25, 0.3) is 0 Å². The molecule has 3 heteroatoms. The largest absolute Gasteiger partial charge is 0.279 e. The molecule has 1 aliphatic carbocycles. The molecule has 0 saturated heterocycles. The molecular weight excluding hydrogens is 330 g/mol. The van der Waals surface area contributed by atoms with Crippen LogP contribution in [0.4, 0.5) is 0 Å². The fourth-order valence-corrected chi connectivity index (χ4v) is 4.22. The third kappa shape index (κ3) is 2.42. The highest BCUT2D eigenvalue weighted by Crippen LogP contribution is 2.38. The van der Waals surface area contributed by atoms with E-state index >= 15 is 0 Å². The monoisotopic (exact) mass is 353 g/mol. The molecule has 2 aromatic heterocycles. The van der Waals surface area contributed by atoms with Crippen molar-refractivity contribution >= 4 is 27.6 Å². The third-order valence-electron chi connectivity index (χ3n) is 5.78. The van der Waals surface area contributed by atoms with Crippen LogP contribution in [0.2, 0.25) is 0 Å². The number of rotatable bonds is 2. The minimum atomic E-state index is -0.190. The Bertz CT molecular complexity index is 1240. The molecule has 0 saturated carbocycles. The standard InChI is InChI=1S/C24H23N3/c1-16-9-8-10-17(15-16)24(2,3)23-26-19-12-5-4-11-18(19)22-25-20-13-6-7-14-21(20)27(22)23/h4-14,16H,15H2,1-3H3. The van der Waals surface area contributed by atoms with Gasteiger partial charge in [-0.3, -0.25) is 4.40 Å². The third-order valence-corrected chi connectivity index (χ3v) is 5.78. The maximum atomic E-state index is 5.16. The van der Waals surface area contributed by atoms with Gasteiger partial charge in [-0.2, -0.15) is 0 Å². The summed E-state index contributed by atoms with van der Waals surface area (Å²) in [7, 11) is 0. The Hall–Kier alpha value is -2.94. The molecule has 0 amide bonds.